The lowest BCUT2D eigenvalue weighted by molar-refractivity contribution is 0.395. The van der Waals surface area contributed by atoms with Crippen LogP contribution in [0.4, 0.5) is 10.1 Å². The fourth-order valence-electron chi connectivity index (χ4n) is 2.50. The van der Waals surface area contributed by atoms with Crippen molar-refractivity contribution in [1.29, 1.82) is 0 Å². The molecule has 5 heteroatoms. The van der Waals surface area contributed by atoms with Crippen molar-refractivity contribution >= 4 is 17.4 Å². The summed E-state index contributed by atoms with van der Waals surface area (Å²) in [4.78, 5) is 2.10. The third-order valence-electron chi connectivity index (χ3n) is 3.85. The maximum absolute atomic E-state index is 13.0. The maximum Gasteiger partial charge on any atom is 0.143 e. The van der Waals surface area contributed by atoms with Crippen LogP contribution in [0.15, 0.2) is 76.5 Å². The van der Waals surface area contributed by atoms with Crippen molar-refractivity contribution in [3.8, 4) is 11.5 Å². The molecule has 0 radical (unpaired) electrons. The van der Waals surface area contributed by atoms with Crippen LogP contribution in [0.3, 0.4) is 0 Å². The number of benzene rings is 3. The predicted octanol–water partition coefficient (Wildman–Crippen LogP) is 5.61. The number of rotatable bonds is 7. The quantitative estimate of drug-likeness (QED) is 0.587. The molecule has 0 aromatic heterocycles. The van der Waals surface area contributed by atoms with Crippen molar-refractivity contribution in [2.24, 2.45) is 0 Å². The molecule has 0 amide bonds. The summed E-state index contributed by atoms with van der Waals surface area (Å²) in [6.07, 6.45) is 0. The maximum atomic E-state index is 13.0. The largest absolute Gasteiger partial charge is 0.495 e. The monoisotopic (exact) mass is 369 g/mol. The molecule has 3 aromatic rings. The Bertz CT molecular complexity index is 854. The SMILES string of the molecule is COc1cc(Sc2ccccc2)c(OC)cc1NCc1ccc(F)cc1. The van der Waals surface area contributed by atoms with E-state index in [9.17, 15) is 4.39 Å². The zero-order valence-corrected chi connectivity index (χ0v) is 15.5. The topological polar surface area (TPSA) is 30.5 Å². The average molecular weight is 369 g/mol. The Kier molecular flexibility index (Phi) is 6.02. The summed E-state index contributed by atoms with van der Waals surface area (Å²) >= 11 is 1.62. The van der Waals surface area contributed by atoms with Crippen LogP contribution in [0.1, 0.15) is 5.56 Å². The first kappa shape index (κ1) is 18.1. The first-order valence-corrected chi connectivity index (χ1v) is 8.98. The van der Waals surface area contributed by atoms with Crippen molar-refractivity contribution < 1.29 is 13.9 Å². The van der Waals surface area contributed by atoms with Gasteiger partial charge in [-0.1, -0.05) is 42.1 Å². The second kappa shape index (κ2) is 8.63. The van der Waals surface area contributed by atoms with E-state index in [1.807, 2.05) is 30.3 Å². The van der Waals surface area contributed by atoms with Crippen LogP contribution in [0.5, 0.6) is 11.5 Å². The van der Waals surface area contributed by atoms with Crippen molar-refractivity contribution in [3.05, 3.63) is 78.1 Å². The first-order valence-electron chi connectivity index (χ1n) is 8.17. The lowest BCUT2D eigenvalue weighted by atomic mass is 10.2. The minimum Gasteiger partial charge on any atom is -0.495 e. The molecule has 0 unspecified atom stereocenters. The molecule has 0 aliphatic rings. The van der Waals surface area contributed by atoms with Crippen LogP contribution in [0.2, 0.25) is 0 Å². The Balaban J connectivity index is 1.82. The summed E-state index contributed by atoms with van der Waals surface area (Å²) in [5.74, 6) is 1.25. The summed E-state index contributed by atoms with van der Waals surface area (Å²) < 4.78 is 24.1. The van der Waals surface area contributed by atoms with E-state index in [0.717, 1.165) is 32.5 Å². The van der Waals surface area contributed by atoms with Gasteiger partial charge in [-0.2, -0.15) is 0 Å². The molecule has 0 spiro atoms. The smallest absolute Gasteiger partial charge is 0.143 e. The van der Waals surface area contributed by atoms with Crippen LogP contribution < -0.4 is 14.8 Å². The van der Waals surface area contributed by atoms with Crippen LogP contribution >= 0.6 is 11.8 Å². The number of ether oxygens (including phenoxy) is 2. The molecule has 0 saturated carbocycles. The Morgan fingerprint density at radius 3 is 2.23 bits per heavy atom. The van der Waals surface area contributed by atoms with Gasteiger partial charge in [-0.25, -0.2) is 4.39 Å². The third kappa shape index (κ3) is 4.49. The summed E-state index contributed by atoms with van der Waals surface area (Å²) in [5, 5.41) is 3.33. The number of hydrogen-bond donors (Lipinski definition) is 1. The highest BCUT2D eigenvalue weighted by atomic mass is 32.2. The molecular formula is C21H20FNO2S. The molecule has 134 valence electrons. The summed E-state index contributed by atoms with van der Waals surface area (Å²) in [6.45, 7) is 0.560. The molecule has 0 aliphatic carbocycles. The predicted molar refractivity (Wildman–Crippen MR) is 104 cm³/mol. The van der Waals surface area contributed by atoms with Gasteiger partial charge in [-0.05, 0) is 35.9 Å². The van der Waals surface area contributed by atoms with Crippen molar-refractivity contribution in [3.63, 3.8) is 0 Å². The van der Waals surface area contributed by atoms with E-state index in [1.165, 1.54) is 12.1 Å². The third-order valence-corrected chi connectivity index (χ3v) is 4.90. The standard InChI is InChI=1S/C21H20FNO2S/c1-24-19-13-21(26-17-6-4-3-5-7-17)20(25-2)12-18(19)23-14-15-8-10-16(22)11-9-15/h3-13,23H,14H2,1-2H3. The Morgan fingerprint density at radius 2 is 1.58 bits per heavy atom. The van der Waals surface area contributed by atoms with E-state index in [4.69, 9.17) is 9.47 Å². The molecule has 0 atom stereocenters. The van der Waals surface area contributed by atoms with Crippen molar-refractivity contribution in [1.82, 2.24) is 0 Å². The lowest BCUT2D eigenvalue weighted by Gasteiger charge is -2.16. The fourth-order valence-corrected chi connectivity index (χ4v) is 3.46. The van der Waals surface area contributed by atoms with Gasteiger partial charge in [0.25, 0.3) is 0 Å². The van der Waals surface area contributed by atoms with Gasteiger partial charge in [0.1, 0.15) is 17.3 Å². The van der Waals surface area contributed by atoms with Crippen LogP contribution in [0, 0.1) is 5.82 Å². The Hall–Kier alpha value is -2.66. The normalized spacial score (nSPS) is 10.4. The Labute approximate surface area is 157 Å². The minimum absolute atomic E-state index is 0.240. The number of anilines is 1. The molecule has 3 nitrogen and oxygen atoms in total. The first-order chi connectivity index (χ1) is 12.7. The van der Waals surface area contributed by atoms with Crippen LogP contribution in [-0.4, -0.2) is 14.2 Å². The average Bonchev–Trinajstić information content (AvgIpc) is 2.68. The number of methoxy groups -OCH3 is 2. The van der Waals surface area contributed by atoms with Gasteiger partial charge in [0, 0.05) is 17.5 Å². The molecule has 26 heavy (non-hydrogen) atoms. The number of hydrogen-bond acceptors (Lipinski definition) is 4. The van der Waals surface area contributed by atoms with Gasteiger partial charge < -0.3 is 14.8 Å². The molecular weight excluding hydrogens is 349 g/mol. The molecule has 3 rings (SSSR count). The van der Waals surface area contributed by atoms with Gasteiger partial charge in [-0.3, -0.25) is 0 Å². The summed E-state index contributed by atoms with van der Waals surface area (Å²) in [6, 6.07) is 20.4. The summed E-state index contributed by atoms with van der Waals surface area (Å²) in [7, 11) is 3.29. The molecule has 0 heterocycles. The fraction of sp³-hybridized carbons (Fsp3) is 0.143. The number of nitrogens with one attached hydrogen (secondary N) is 1. The van der Waals surface area contributed by atoms with E-state index in [0.29, 0.717) is 6.54 Å². The van der Waals surface area contributed by atoms with E-state index < -0.39 is 0 Å². The van der Waals surface area contributed by atoms with E-state index in [1.54, 1.807) is 38.1 Å². The number of halogens is 1. The van der Waals surface area contributed by atoms with Gasteiger partial charge in [-0.15, -0.1) is 0 Å². The second-order valence-corrected chi connectivity index (χ2v) is 6.71. The molecule has 3 aromatic carbocycles. The zero-order valence-electron chi connectivity index (χ0n) is 14.7. The van der Waals surface area contributed by atoms with Crippen LogP contribution in [0.25, 0.3) is 0 Å². The Morgan fingerprint density at radius 1 is 0.885 bits per heavy atom. The zero-order chi connectivity index (χ0) is 18.4. The van der Waals surface area contributed by atoms with Crippen molar-refractivity contribution in [2.45, 2.75) is 16.3 Å². The lowest BCUT2D eigenvalue weighted by Crippen LogP contribution is -2.02. The highest BCUT2D eigenvalue weighted by Crippen LogP contribution is 2.41. The second-order valence-electron chi connectivity index (χ2n) is 5.60. The molecule has 1 N–H and O–H groups in total. The molecule has 0 saturated heterocycles. The highest BCUT2D eigenvalue weighted by Gasteiger charge is 2.12. The van der Waals surface area contributed by atoms with E-state index >= 15 is 0 Å². The van der Waals surface area contributed by atoms with E-state index in [-0.39, 0.29) is 5.82 Å². The van der Waals surface area contributed by atoms with Gasteiger partial charge in [0.15, 0.2) is 0 Å². The highest BCUT2D eigenvalue weighted by molar-refractivity contribution is 7.99. The summed E-state index contributed by atoms with van der Waals surface area (Å²) in [5.41, 5.74) is 1.81. The van der Waals surface area contributed by atoms with Gasteiger partial charge in [0.05, 0.1) is 24.8 Å². The van der Waals surface area contributed by atoms with E-state index in [2.05, 4.69) is 17.4 Å². The molecule has 0 bridgehead atoms. The molecule has 0 aliphatic heterocycles. The molecule has 0 fully saturated rings. The van der Waals surface area contributed by atoms with Gasteiger partial charge in [0.2, 0.25) is 0 Å². The van der Waals surface area contributed by atoms with Crippen LogP contribution in [-0.2, 0) is 6.54 Å². The van der Waals surface area contributed by atoms with Gasteiger partial charge >= 0.3 is 0 Å². The minimum atomic E-state index is -0.240. The van der Waals surface area contributed by atoms with Crippen molar-refractivity contribution in [2.75, 3.05) is 19.5 Å².